The highest BCUT2D eigenvalue weighted by Gasteiger charge is 2.20. The minimum absolute atomic E-state index is 0.0890. The Hall–Kier alpha value is -3.33. The number of benzene rings is 2. The third kappa shape index (κ3) is 6.38. The van der Waals surface area contributed by atoms with Crippen molar-refractivity contribution in [2.24, 2.45) is 0 Å². The summed E-state index contributed by atoms with van der Waals surface area (Å²) in [4.78, 5) is 16.8. The number of aryl methyl sites for hydroxylation is 1. The van der Waals surface area contributed by atoms with Gasteiger partial charge in [0.1, 0.15) is 5.75 Å². The fourth-order valence-electron chi connectivity index (χ4n) is 3.55. The first-order valence-electron chi connectivity index (χ1n) is 11.2. The third-order valence-electron chi connectivity index (χ3n) is 5.21. The molecule has 0 aliphatic carbocycles. The van der Waals surface area contributed by atoms with Crippen molar-refractivity contribution in [3.63, 3.8) is 0 Å². The van der Waals surface area contributed by atoms with E-state index < -0.39 is 6.43 Å². The summed E-state index contributed by atoms with van der Waals surface area (Å²) in [6, 6.07) is 12.1. The normalized spacial score (nSPS) is 13.4. The van der Waals surface area contributed by atoms with Crippen LogP contribution in [0.4, 0.5) is 8.78 Å². The highest BCUT2D eigenvalue weighted by atomic mass is 19.3. The molecule has 1 aliphatic rings. The van der Waals surface area contributed by atoms with Crippen LogP contribution in [0.1, 0.15) is 44.2 Å². The summed E-state index contributed by atoms with van der Waals surface area (Å²) in [5, 5.41) is 12.4. The number of hydrogen-bond acceptors (Lipinski definition) is 6. The summed E-state index contributed by atoms with van der Waals surface area (Å²) >= 11 is 0. The Morgan fingerprint density at radius 3 is 2.59 bits per heavy atom. The second kappa shape index (κ2) is 11.7. The SMILES string of the molecule is Cc1ccccc1-c1noc(-c2ccc(OC(C)C)c(C(F)F)c2)n1.O=C1CCCN1CCO. The lowest BCUT2D eigenvalue weighted by atomic mass is 10.1. The molecule has 1 aliphatic heterocycles. The maximum atomic E-state index is 13.4. The zero-order valence-electron chi connectivity index (χ0n) is 19.5. The minimum Gasteiger partial charge on any atom is -0.491 e. The van der Waals surface area contributed by atoms with Crippen LogP contribution < -0.4 is 4.74 Å². The van der Waals surface area contributed by atoms with E-state index in [9.17, 15) is 13.6 Å². The average molecular weight is 474 g/mol. The summed E-state index contributed by atoms with van der Waals surface area (Å²) in [5.74, 6) is 0.960. The van der Waals surface area contributed by atoms with Gasteiger partial charge in [0.25, 0.3) is 12.3 Å². The van der Waals surface area contributed by atoms with Crippen molar-refractivity contribution in [2.75, 3.05) is 19.7 Å². The zero-order chi connectivity index (χ0) is 24.7. The predicted molar refractivity (Wildman–Crippen MR) is 124 cm³/mol. The van der Waals surface area contributed by atoms with E-state index in [0.29, 0.717) is 24.4 Å². The van der Waals surface area contributed by atoms with Gasteiger partial charge in [0, 0.05) is 30.6 Å². The largest absolute Gasteiger partial charge is 0.491 e. The molecule has 2 aromatic carbocycles. The zero-order valence-corrected chi connectivity index (χ0v) is 19.5. The molecule has 1 saturated heterocycles. The molecule has 0 unspecified atom stereocenters. The van der Waals surface area contributed by atoms with Gasteiger partial charge in [0.05, 0.1) is 18.3 Å². The maximum absolute atomic E-state index is 13.4. The lowest BCUT2D eigenvalue weighted by Crippen LogP contribution is -2.27. The first kappa shape index (κ1) is 25.3. The van der Waals surface area contributed by atoms with Crippen LogP contribution in [0.25, 0.3) is 22.8 Å². The van der Waals surface area contributed by atoms with Crippen molar-refractivity contribution in [1.82, 2.24) is 15.0 Å². The predicted octanol–water partition coefficient (Wildman–Crippen LogP) is 5.04. The van der Waals surface area contributed by atoms with Gasteiger partial charge < -0.3 is 19.3 Å². The van der Waals surface area contributed by atoms with E-state index in [2.05, 4.69) is 10.1 Å². The summed E-state index contributed by atoms with van der Waals surface area (Å²) in [5.41, 5.74) is 2.08. The van der Waals surface area contributed by atoms with Gasteiger partial charge in [-0.25, -0.2) is 8.78 Å². The minimum atomic E-state index is -2.66. The van der Waals surface area contributed by atoms with Gasteiger partial charge in [-0.2, -0.15) is 4.98 Å². The van der Waals surface area contributed by atoms with Crippen LogP contribution in [0.15, 0.2) is 47.0 Å². The Morgan fingerprint density at radius 2 is 1.97 bits per heavy atom. The van der Waals surface area contributed by atoms with Crippen LogP contribution >= 0.6 is 0 Å². The summed E-state index contributed by atoms with van der Waals surface area (Å²) in [6.45, 7) is 6.95. The van der Waals surface area contributed by atoms with Gasteiger partial charge in [0.2, 0.25) is 11.7 Å². The molecule has 34 heavy (non-hydrogen) atoms. The number of alkyl halides is 2. The first-order valence-corrected chi connectivity index (χ1v) is 11.2. The number of amides is 1. The topological polar surface area (TPSA) is 88.7 Å². The highest BCUT2D eigenvalue weighted by molar-refractivity contribution is 5.78. The Morgan fingerprint density at radius 1 is 1.21 bits per heavy atom. The van der Waals surface area contributed by atoms with E-state index in [-0.39, 0.29) is 35.8 Å². The lowest BCUT2D eigenvalue weighted by Gasteiger charge is -2.14. The van der Waals surface area contributed by atoms with Crippen molar-refractivity contribution >= 4 is 5.91 Å². The molecule has 0 saturated carbocycles. The number of halogens is 2. The van der Waals surface area contributed by atoms with E-state index in [1.165, 1.54) is 12.1 Å². The van der Waals surface area contributed by atoms with Crippen molar-refractivity contribution in [2.45, 2.75) is 46.1 Å². The van der Waals surface area contributed by atoms with Crippen LogP contribution in [0.3, 0.4) is 0 Å². The molecule has 1 N–H and O–H groups in total. The molecule has 0 bridgehead atoms. The maximum Gasteiger partial charge on any atom is 0.267 e. The first-order chi connectivity index (χ1) is 16.3. The Balaban J connectivity index is 0.000000302. The van der Waals surface area contributed by atoms with Gasteiger partial charge in [-0.1, -0.05) is 29.4 Å². The molecule has 4 rings (SSSR count). The number of likely N-dealkylation sites (tertiary alicyclic amines) is 1. The van der Waals surface area contributed by atoms with Crippen LogP contribution in [0.2, 0.25) is 0 Å². The quantitative estimate of drug-likeness (QED) is 0.517. The van der Waals surface area contributed by atoms with Crippen LogP contribution in [0.5, 0.6) is 5.75 Å². The van der Waals surface area contributed by atoms with Crippen molar-refractivity contribution in [3.05, 3.63) is 53.6 Å². The van der Waals surface area contributed by atoms with Crippen LogP contribution in [-0.4, -0.2) is 51.9 Å². The molecule has 0 radical (unpaired) electrons. The van der Waals surface area contributed by atoms with Gasteiger partial charge in [0.15, 0.2) is 0 Å². The standard InChI is InChI=1S/C19H18F2N2O2.C6H11NO2/c1-11(2)24-16-9-8-13(10-15(16)17(20)21)19-22-18(23-25-19)14-7-5-4-6-12(14)3;8-5-4-7-3-1-2-6(7)9/h4-11,17H,1-3H3;8H,1-5H2. The highest BCUT2D eigenvalue weighted by Crippen LogP contribution is 2.34. The molecule has 2 heterocycles. The molecule has 0 atom stereocenters. The van der Waals surface area contributed by atoms with E-state index in [0.717, 1.165) is 24.1 Å². The smallest absolute Gasteiger partial charge is 0.267 e. The average Bonchev–Trinajstić information content (AvgIpc) is 3.44. The molecular formula is C25H29F2N3O4. The van der Waals surface area contributed by atoms with E-state index in [4.69, 9.17) is 14.4 Å². The fraction of sp³-hybridized carbons (Fsp3) is 0.400. The van der Waals surface area contributed by atoms with Crippen LogP contribution in [0, 0.1) is 6.92 Å². The number of carbonyl (C=O) groups excluding carboxylic acids is 1. The van der Waals surface area contributed by atoms with Crippen molar-refractivity contribution in [3.8, 4) is 28.6 Å². The number of aromatic nitrogens is 2. The monoisotopic (exact) mass is 473 g/mol. The Bertz CT molecular complexity index is 1100. The second-order valence-corrected chi connectivity index (χ2v) is 8.17. The van der Waals surface area contributed by atoms with Crippen molar-refractivity contribution < 1.29 is 27.9 Å². The number of ether oxygens (including phenoxy) is 1. The molecule has 9 heteroatoms. The molecule has 1 fully saturated rings. The molecule has 0 spiro atoms. The van der Waals surface area contributed by atoms with E-state index in [1.807, 2.05) is 31.2 Å². The Kier molecular flexibility index (Phi) is 8.70. The number of hydrogen-bond donors (Lipinski definition) is 1. The lowest BCUT2D eigenvalue weighted by molar-refractivity contribution is -0.128. The Labute approximate surface area is 197 Å². The number of aliphatic hydroxyl groups excluding tert-OH is 1. The summed E-state index contributed by atoms with van der Waals surface area (Å²) in [6.07, 6.45) is -1.23. The number of aliphatic hydroxyl groups is 1. The molecule has 1 amide bonds. The second-order valence-electron chi connectivity index (χ2n) is 8.17. The number of nitrogens with zero attached hydrogens (tertiary/aromatic N) is 3. The third-order valence-corrected chi connectivity index (χ3v) is 5.21. The van der Waals surface area contributed by atoms with E-state index in [1.54, 1.807) is 24.8 Å². The van der Waals surface area contributed by atoms with Gasteiger partial charge in [-0.15, -0.1) is 0 Å². The molecule has 1 aromatic heterocycles. The molecule has 182 valence electrons. The van der Waals surface area contributed by atoms with Gasteiger partial charge >= 0.3 is 0 Å². The number of rotatable bonds is 7. The van der Waals surface area contributed by atoms with Gasteiger partial charge in [-0.05, 0) is 51.0 Å². The number of β-amino-alcohol motifs (C(OH)–C–C–N with tert-alkyl or cyclic N) is 1. The molecule has 3 aromatic rings. The molecule has 7 nitrogen and oxygen atoms in total. The van der Waals surface area contributed by atoms with Gasteiger partial charge in [-0.3, -0.25) is 4.79 Å². The fourth-order valence-corrected chi connectivity index (χ4v) is 3.55. The molecular weight excluding hydrogens is 444 g/mol. The van der Waals surface area contributed by atoms with E-state index >= 15 is 0 Å². The summed E-state index contributed by atoms with van der Waals surface area (Å²) in [7, 11) is 0. The summed E-state index contributed by atoms with van der Waals surface area (Å²) < 4.78 is 37.4. The van der Waals surface area contributed by atoms with Crippen LogP contribution in [-0.2, 0) is 4.79 Å². The van der Waals surface area contributed by atoms with Crippen molar-refractivity contribution in [1.29, 1.82) is 0 Å². The number of carbonyl (C=O) groups is 1.